The van der Waals surface area contributed by atoms with Gasteiger partial charge < -0.3 is 10.1 Å². The lowest BCUT2D eigenvalue weighted by Gasteiger charge is -2.14. The number of hydrogen-bond donors (Lipinski definition) is 3. The molecular formula is C15H17ClN6O4. The minimum absolute atomic E-state index is 0.0118. The number of halogens is 1. The number of hydrazine groups is 1. The van der Waals surface area contributed by atoms with Crippen LogP contribution in [0.2, 0.25) is 5.02 Å². The lowest BCUT2D eigenvalue weighted by atomic mass is 10.2. The van der Waals surface area contributed by atoms with Crippen molar-refractivity contribution < 1.29 is 14.5 Å². The Kier molecular flexibility index (Phi) is 6.64. The molecule has 1 aromatic heterocycles. The van der Waals surface area contributed by atoms with Crippen LogP contribution in [0.3, 0.4) is 0 Å². The molecule has 0 spiro atoms. The van der Waals surface area contributed by atoms with Crippen LogP contribution in [0.4, 0.5) is 17.3 Å². The summed E-state index contributed by atoms with van der Waals surface area (Å²) in [5, 5.41) is 14.8. The molecule has 1 aromatic carbocycles. The summed E-state index contributed by atoms with van der Waals surface area (Å²) < 4.78 is 4.98. The summed E-state index contributed by atoms with van der Waals surface area (Å²) in [6.45, 7) is 2.11. The van der Waals surface area contributed by atoms with Crippen LogP contribution in [0.5, 0.6) is 0 Å². The van der Waals surface area contributed by atoms with Crippen molar-refractivity contribution >= 4 is 34.8 Å². The van der Waals surface area contributed by atoms with Crippen molar-refractivity contribution in [3.8, 4) is 0 Å². The van der Waals surface area contributed by atoms with Gasteiger partial charge in [0.25, 0.3) is 5.91 Å². The maximum Gasteiger partial charge on any atom is 0.354 e. The van der Waals surface area contributed by atoms with Gasteiger partial charge in [-0.1, -0.05) is 11.6 Å². The predicted octanol–water partition coefficient (Wildman–Crippen LogP) is 2.24. The number of rotatable bonds is 8. The molecule has 0 radical (unpaired) electrons. The molecule has 11 heteroatoms. The normalized spacial score (nSPS) is 11.5. The van der Waals surface area contributed by atoms with E-state index in [0.29, 0.717) is 17.2 Å². The number of aromatic nitrogens is 2. The third kappa shape index (κ3) is 5.01. The Morgan fingerprint density at radius 3 is 2.58 bits per heavy atom. The Bertz CT molecular complexity index is 786. The van der Waals surface area contributed by atoms with E-state index in [0.717, 1.165) is 6.33 Å². The van der Waals surface area contributed by atoms with Crippen LogP contribution in [0.1, 0.15) is 17.3 Å². The van der Waals surface area contributed by atoms with Crippen LogP contribution in [0, 0.1) is 10.1 Å². The molecule has 0 aliphatic carbocycles. The van der Waals surface area contributed by atoms with Gasteiger partial charge in [0, 0.05) is 23.7 Å². The van der Waals surface area contributed by atoms with Crippen LogP contribution in [0.25, 0.3) is 0 Å². The zero-order chi connectivity index (χ0) is 19.1. The summed E-state index contributed by atoms with van der Waals surface area (Å²) in [5.41, 5.74) is 4.74. The Hall–Kier alpha value is -2.98. The quantitative estimate of drug-likeness (QED) is 0.469. The largest absolute Gasteiger partial charge is 0.383 e. The van der Waals surface area contributed by atoms with E-state index in [1.165, 1.54) is 19.2 Å². The number of benzene rings is 1. The number of carbonyl (C=O) groups excluding carboxylic acids is 1. The van der Waals surface area contributed by atoms with Gasteiger partial charge in [0.15, 0.2) is 0 Å². The minimum Gasteiger partial charge on any atom is -0.383 e. The van der Waals surface area contributed by atoms with Gasteiger partial charge in [0.05, 0.1) is 11.5 Å². The lowest BCUT2D eigenvalue weighted by Crippen LogP contribution is -2.30. The smallest absolute Gasteiger partial charge is 0.354 e. The molecule has 26 heavy (non-hydrogen) atoms. The van der Waals surface area contributed by atoms with Crippen LogP contribution in [0.15, 0.2) is 30.6 Å². The van der Waals surface area contributed by atoms with Crippen molar-refractivity contribution in [2.24, 2.45) is 0 Å². The minimum atomic E-state index is -0.640. The van der Waals surface area contributed by atoms with E-state index in [-0.39, 0.29) is 17.7 Å². The summed E-state index contributed by atoms with van der Waals surface area (Å²) in [6.07, 6.45) is 1.14. The zero-order valence-corrected chi connectivity index (χ0v) is 14.8. The number of nitrogens with one attached hydrogen (secondary N) is 3. The molecule has 10 nitrogen and oxygen atoms in total. The standard InChI is InChI=1S/C15H17ClN6O4/c1-9(7-26-2)19-13-12(22(24)25)14(18-8-17-13)20-21-15(23)10-3-5-11(16)6-4-10/h3-6,8-9H,7H2,1-2H3,(H,21,23)(H2,17,18,19,20). The average Bonchev–Trinajstić information content (AvgIpc) is 2.60. The van der Waals surface area contributed by atoms with Crippen molar-refractivity contribution in [3.05, 3.63) is 51.3 Å². The molecule has 0 bridgehead atoms. The highest BCUT2D eigenvalue weighted by Crippen LogP contribution is 2.28. The summed E-state index contributed by atoms with van der Waals surface area (Å²) >= 11 is 5.77. The molecule has 0 fully saturated rings. The highest BCUT2D eigenvalue weighted by atomic mass is 35.5. The number of nitro groups is 1. The number of methoxy groups -OCH3 is 1. The van der Waals surface area contributed by atoms with Gasteiger partial charge in [-0.2, -0.15) is 0 Å². The fourth-order valence-corrected chi connectivity index (χ4v) is 2.19. The predicted molar refractivity (Wildman–Crippen MR) is 96.2 cm³/mol. The molecule has 1 amide bonds. The second-order valence-electron chi connectivity index (χ2n) is 5.26. The molecule has 3 N–H and O–H groups in total. The molecule has 1 atom stereocenters. The van der Waals surface area contributed by atoms with Gasteiger partial charge in [-0.15, -0.1) is 0 Å². The second-order valence-corrected chi connectivity index (χ2v) is 5.70. The van der Waals surface area contributed by atoms with Crippen LogP contribution in [-0.2, 0) is 4.74 Å². The highest BCUT2D eigenvalue weighted by Gasteiger charge is 2.24. The van der Waals surface area contributed by atoms with E-state index < -0.39 is 16.5 Å². The number of nitrogens with zero attached hydrogens (tertiary/aromatic N) is 3. The highest BCUT2D eigenvalue weighted by molar-refractivity contribution is 6.30. The van der Waals surface area contributed by atoms with Gasteiger partial charge in [-0.05, 0) is 31.2 Å². The Balaban J connectivity index is 2.16. The van der Waals surface area contributed by atoms with E-state index in [1.54, 1.807) is 19.1 Å². The van der Waals surface area contributed by atoms with E-state index in [9.17, 15) is 14.9 Å². The monoisotopic (exact) mass is 380 g/mol. The van der Waals surface area contributed by atoms with Gasteiger partial charge >= 0.3 is 5.69 Å². The SMILES string of the molecule is COCC(C)Nc1ncnc(NNC(=O)c2ccc(Cl)cc2)c1[N+](=O)[O-]. The van der Waals surface area contributed by atoms with Gasteiger partial charge in [0.1, 0.15) is 6.33 Å². The molecule has 0 saturated heterocycles. The van der Waals surface area contributed by atoms with Gasteiger partial charge in [-0.3, -0.25) is 25.8 Å². The molecule has 2 aromatic rings. The van der Waals surface area contributed by atoms with Crippen molar-refractivity contribution in [3.63, 3.8) is 0 Å². The molecule has 2 rings (SSSR count). The first-order valence-corrected chi connectivity index (χ1v) is 7.87. The van der Waals surface area contributed by atoms with Crippen LogP contribution in [-0.4, -0.2) is 40.6 Å². The average molecular weight is 381 g/mol. The Morgan fingerprint density at radius 1 is 1.31 bits per heavy atom. The molecule has 138 valence electrons. The first-order valence-electron chi connectivity index (χ1n) is 7.49. The fourth-order valence-electron chi connectivity index (χ4n) is 2.06. The summed E-state index contributed by atoms with van der Waals surface area (Å²) in [7, 11) is 1.52. The molecular weight excluding hydrogens is 364 g/mol. The summed E-state index contributed by atoms with van der Waals surface area (Å²) in [4.78, 5) is 30.6. The maximum atomic E-state index is 12.1. The van der Waals surface area contributed by atoms with E-state index in [1.807, 2.05) is 0 Å². The van der Waals surface area contributed by atoms with Crippen molar-refractivity contribution in [1.29, 1.82) is 0 Å². The lowest BCUT2D eigenvalue weighted by molar-refractivity contribution is -0.383. The molecule has 0 aliphatic heterocycles. The van der Waals surface area contributed by atoms with Crippen molar-refractivity contribution in [2.45, 2.75) is 13.0 Å². The second kappa shape index (κ2) is 8.92. The van der Waals surface area contributed by atoms with Gasteiger partial charge in [-0.25, -0.2) is 9.97 Å². The zero-order valence-electron chi connectivity index (χ0n) is 14.0. The molecule has 0 aliphatic rings. The van der Waals surface area contributed by atoms with Crippen molar-refractivity contribution in [2.75, 3.05) is 24.5 Å². The van der Waals surface area contributed by atoms with E-state index in [4.69, 9.17) is 16.3 Å². The number of ether oxygens (including phenoxy) is 1. The number of carbonyl (C=O) groups is 1. The number of hydrogen-bond acceptors (Lipinski definition) is 8. The first kappa shape index (κ1) is 19.3. The van der Waals surface area contributed by atoms with E-state index >= 15 is 0 Å². The van der Waals surface area contributed by atoms with Crippen molar-refractivity contribution in [1.82, 2.24) is 15.4 Å². The van der Waals surface area contributed by atoms with Gasteiger partial charge in [0.2, 0.25) is 11.6 Å². The topological polar surface area (TPSA) is 131 Å². The maximum absolute atomic E-state index is 12.1. The Morgan fingerprint density at radius 2 is 1.96 bits per heavy atom. The van der Waals surface area contributed by atoms with Crippen LogP contribution >= 0.6 is 11.6 Å². The summed E-state index contributed by atoms with van der Waals surface area (Å²) in [6, 6.07) is 5.94. The molecule has 1 unspecified atom stereocenters. The third-order valence-electron chi connectivity index (χ3n) is 3.21. The third-order valence-corrected chi connectivity index (χ3v) is 3.46. The number of amides is 1. The Labute approximate surface area is 154 Å². The van der Waals surface area contributed by atoms with E-state index in [2.05, 4.69) is 26.1 Å². The molecule has 1 heterocycles. The molecule has 0 saturated carbocycles. The first-order chi connectivity index (χ1) is 12.4. The summed E-state index contributed by atoms with van der Waals surface area (Å²) in [5.74, 6) is -0.644. The van der Waals surface area contributed by atoms with Crippen LogP contribution < -0.4 is 16.2 Å². The number of anilines is 2. The fraction of sp³-hybridized carbons (Fsp3) is 0.267.